The topological polar surface area (TPSA) is 0 Å². The summed E-state index contributed by atoms with van der Waals surface area (Å²) in [5.74, 6) is 0. The Hall–Kier alpha value is -1.08. The van der Waals surface area contributed by atoms with Crippen LogP contribution in [0.25, 0.3) is 5.57 Å². The van der Waals surface area contributed by atoms with E-state index in [1.165, 1.54) is 73.8 Å². The van der Waals surface area contributed by atoms with Gasteiger partial charge in [0.25, 0.3) is 0 Å². The van der Waals surface area contributed by atoms with Crippen molar-refractivity contribution in [1.29, 1.82) is 0 Å². The number of hydrogen-bond donors (Lipinski definition) is 0. The van der Waals surface area contributed by atoms with Crippen LogP contribution >= 0.6 is 0 Å². The maximum atomic E-state index is 4.42. The third-order valence-electron chi connectivity index (χ3n) is 4.67. The predicted molar refractivity (Wildman–Crippen MR) is 99.9 cm³/mol. The molecule has 22 heavy (non-hydrogen) atoms. The van der Waals surface area contributed by atoms with Gasteiger partial charge in [-0.2, -0.15) is 0 Å². The van der Waals surface area contributed by atoms with Crippen LogP contribution in [-0.4, -0.2) is 30.7 Å². The standard InChI is InChI=1S/C21H36N/c1-5-8-16-22(17-9-6-2,18-10-7-3)19-20(4)21-14-12-11-13-15-21/h11-15H,4-10,16-19H2,1-3H3/q+1. The number of nitrogens with zero attached hydrogens (tertiary/aromatic N) is 1. The Morgan fingerprint density at radius 2 is 1.27 bits per heavy atom. The van der Waals surface area contributed by atoms with Crippen LogP contribution < -0.4 is 0 Å². The van der Waals surface area contributed by atoms with Gasteiger partial charge < -0.3 is 4.48 Å². The average molecular weight is 303 g/mol. The molecule has 0 N–H and O–H groups in total. The molecule has 1 nitrogen and oxygen atoms in total. The fourth-order valence-electron chi connectivity index (χ4n) is 3.22. The Morgan fingerprint density at radius 1 is 0.818 bits per heavy atom. The highest BCUT2D eigenvalue weighted by Gasteiger charge is 2.26. The molecule has 0 aliphatic rings. The molecule has 0 heterocycles. The summed E-state index contributed by atoms with van der Waals surface area (Å²) >= 11 is 0. The van der Waals surface area contributed by atoms with Crippen molar-refractivity contribution >= 4 is 5.57 Å². The van der Waals surface area contributed by atoms with Gasteiger partial charge in [0.15, 0.2) is 0 Å². The van der Waals surface area contributed by atoms with Gasteiger partial charge in [0.05, 0.1) is 19.6 Å². The van der Waals surface area contributed by atoms with Crippen molar-refractivity contribution in [2.45, 2.75) is 59.3 Å². The minimum absolute atomic E-state index is 1.12. The molecule has 0 amide bonds. The monoisotopic (exact) mass is 302 g/mol. The van der Waals surface area contributed by atoms with Gasteiger partial charge in [0.2, 0.25) is 0 Å². The van der Waals surface area contributed by atoms with E-state index in [0.717, 1.165) is 6.54 Å². The molecule has 0 unspecified atom stereocenters. The van der Waals surface area contributed by atoms with E-state index in [0.29, 0.717) is 0 Å². The molecule has 0 saturated carbocycles. The first-order valence-electron chi connectivity index (χ1n) is 9.25. The van der Waals surface area contributed by atoms with Gasteiger partial charge in [0, 0.05) is 5.57 Å². The zero-order chi connectivity index (χ0) is 16.3. The Bertz CT molecular complexity index is 385. The van der Waals surface area contributed by atoms with Crippen molar-refractivity contribution in [2.75, 3.05) is 26.2 Å². The van der Waals surface area contributed by atoms with E-state index in [-0.39, 0.29) is 0 Å². The lowest BCUT2D eigenvalue weighted by Crippen LogP contribution is -2.51. The zero-order valence-electron chi connectivity index (χ0n) is 15.1. The lowest BCUT2D eigenvalue weighted by Gasteiger charge is -2.40. The van der Waals surface area contributed by atoms with Crippen molar-refractivity contribution in [2.24, 2.45) is 0 Å². The number of benzene rings is 1. The third-order valence-corrected chi connectivity index (χ3v) is 4.67. The van der Waals surface area contributed by atoms with Crippen LogP contribution in [0, 0.1) is 0 Å². The second-order valence-corrected chi connectivity index (χ2v) is 6.70. The van der Waals surface area contributed by atoms with Gasteiger partial charge in [-0.3, -0.25) is 0 Å². The lowest BCUT2D eigenvalue weighted by molar-refractivity contribution is -0.922. The molecule has 0 saturated heterocycles. The second-order valence-electron chi connectivity index (χ2n) is 6.70. The summed E-state index contributed by atoms with van der Waals surface area (Å²) in [6.07, 6.45) is 7.85. The minimum Gasteiger partial charge on any atom is -0.320 e. The summed E-state index contributed by atoms with van der Waals surface area (Å²) in [5, 5.41) is 0. The van der Waals surface area contributed by atoms with Crippen molar-refractivity contribution in [3.63, 3.8) is 0 Å². The van der Waals surface area contributed by atoms with Crippen LogP contribution in [-0.2, 0) is 0 Å². The van der Waals surface area contributed by atoms with E-state index in [4.69, 9.17) is 0 Å². The summed E-state index contributed by atoms with van der Waals surface area (Å²) in [5.41, 5.74) is 2.62. The van der Waals surface area contributed by atoms with Gasteiger partial charge in [-0.15, -0.1) is 0 Å². The first-order valence-corrected chi connectivity index (χ1v) is 9.25. The van der Waals surface area contributed by atoms with Gasteiger partial charge >= 0.3 is 0 Å². The van der Waals surface area contributed by atoms with E-state index < -0.39 is 0 Å². The molecule has 124 valence electrons. The van der Waals surface area contributed by atoms with E-state index in [1.54, 1.807) is 0 Å². The van der Waals surface area contributed by atoms with Crippen LogP contribution in [0.15, 0.2) is 36.9 Å². The maximum Gasteiger partial charge on any atom is 0.104 e. The van der Waals surface area contributed by atoms with Crippen molar-refractivity contribution < 1.29 is 4.48 Å². The summed E-state index contributed by atoms with van der Waals surface area (Å²) in [7, 11) is 0. The summed E-state index contributed by atoms with van der Waals surface area (Å²) in [4.78, 5) is 0. The minimum atomic E-state index is 1.12. The van der Waals surface area contributed by atoms with Crippen LogP contribution in [0.5, 0.6) is 0 Å². The quantitative estimate of drug-likeness (QED) is 0.421. The van der Waals surface area contributed by atoms with Gasteiger partial charge in [-0.05, 0) is 24.8 Å². The number of quaternary nitrogens is 1. The fourth-order valence-corrected chi connectivity index (χ4v) is 3.22. The molecule has 1 aromatic rings. The third kappa shape index (κ3) is 6.36. The second kappa shape index (κ2) is 10.6. The summed E-state index contributed by atoms with van der Waals surface area (Å²) in [6, 6.07) is 10.7. The highest BCUT2D eigenvalue weighted by atomic mass is 15.3. The smallest absolute Gasteiger partial charge is 0.104 e. The van der Waals surface area contributed by atoms with Crippen molar-refractivity contribution in [1.82, 2.24) is 0 Å². The van der Waals surface area contributed by atoms with Crippen LogP contribution in [0.1, 0.15) is 64.9 Å². The molecule has 1 heteroatoms. The molecule has 1 rings (SSSR count). The first kappa shape index (κ1) is 19.0. The van der Waals surface area contributed by atoms with Crippen molar-refractivity contribution in [3.8, 4) is 0 Å². The van der Waals surface area contributed by atoms with E-state index in [2.05, 4.69) is 57.7 Å². The predicted octanol–water partition coefficient (Wildman–Crippen LogP) is 5.92. The fraction of sp³-hybridized carbons (Fsp3) is 0.619. The number of rotatable bonds is 12. The molecular formula is C21H36N+. The zero-order valence-corrected chi connectivity index (χ0v) is 15.1. The van der Waals surface area contributed by atoms with E-state index in [1.807, 2.05) is 0 Å². The van der Waals surface area contributed by atoms with Crippen molar-refractivity contribution in [3.05, 3.63) is 42.5 Å². The summed E-state index contributed by atoms with van der Waals surface area (Å²) < 4.78 is 1.24. The molecule has 0 aliphatic carbocycles. The molecule has 0 spiro atoms. The lowest BCUT2D eigenvalue weighted by atomic mass is 10.0. The molecule has 0 atom stereocenters. The first-order chi connectivity index (χ1) is 10.7. The Labute approximate surface area is 138 Å². The van der Waals surface area contributed by atoms with E-state index in [9.17, 15) is 0 Å². The number of hydrogen-bond acceptors (Lipinski definition) is 0. The molecule has 0 fully saturated rings. The van der Waals surface area contributed by atoms with Crippen LogP contribution in [0.3, 0.4) is 0 Å². The molecule has 0 aromatic heterocycles. The van der Waals surface area contributed by atoms with Gasteiger partial charge in [0.1, 0.15) is 6.54 Å². The molecule has 0 aliphatic heterocycles. The van der Waals surface area contributed by atoms with Gasteiger partial charge in [-0.25, -0.2) is 0 Å². The van der Waals surface area contributed by atoms with Crippen LogP contribution in [0.2, 0.25) is 0 Å². The molecular weight excluding hydrogens is 266 g/mol. The Morgan fingerprint density at radius 3 is 1.68 bits per heavy atom. The Kier molecular flexibility index (Phi) is 9.15. The van der Waals surface area contributed by atoms with Crippen LogP contribution in [0.4, 0.5) is 0 Å². The highest BCUT2D eigenvalue weighted by molar-refractivity contribution is 5.63. The SMILES string of the molecule is C=C(C[N+](CCCC)(CCCC)CCCC)c1ccccc1. The number of unbranched alkanes of at least 4 members (excludes halogenated alkanes) is 3. The highest BCUT2D eigenvalue weighted by Crippen LogP contribution is 2.22. The molecule has 0 radical (unpaired) electrons. The van der Waals surface area contributed by atoms with E-state index >= 15 is 0 Å². The average Bonchev–Trinajstić information content (AvgIpc) is 2.56. The summed E-state index contributed by atoms with van der Waals surface area (Å²) in [6.45, 7) is 16.4. The van der Waals surface area contributed by atoms with Gasteiger partial charge in [-0.1, -0.05) is 76.9 Å². The molecule has 0 bridgehead atoms. The normalized spacial score (nSPS) is 11.6. The Balaban J connectivity index is 2.86. The largest absolute Gasteiger partial charge is 0.320 e. The maximum absolute atomic E-state index is 4.42. The molecule has 1 aromatic carbocycles.